The molecule has 7 rings (SSSR count). The molecule has 0 saturated carbocycles. The van der Waals surface area contributed by atoms with Gasteiger partial charge in [0.25, 0.3) is 0 Å². The molecular formula is C39H25N3. The zero-order chi connectivity index (χ0) is 28.3. The number of nitrogens with zero attached hydrogens (tertiary/aromatic N) is 3. The molecule has 3 heteroatoms. The molecule has 0 spiro atoms. The molecule has 0 aliphatic carbocycles. The molecule has 196 valence electrons. The van der Waals surface area contributed by atoms with Gasteiger partial charge < -0.3 is 0 Å². The second-order valence-electron chi connectivity index (χ2n) is 10.2. The molecule has 0 bridgehead atoms. The van der Waals surface area contributed by atoms with Gasteiger partial charge in [-0.1, -0.05) is 115 Å². The molecular weight excluding hydrogens is 510 g/mol. The molecule has 42 heavy (non-hydrogen) atoms. The Morgan fingerprint density at radius 2 is 1.00 bits per heavy atom. The van der Waals surface area contributed by atoms with Gasteiger partial charge in [0.05, 0.1) is 23.0 Å². The number of nitriles is 1. The van der Waals surface area contributed by atoms with Gasteiger partial charge in [-0.05, 0) is 69.4 Å². The maximum absolute atomic E-state index is 9.31. The van der Waals surface area contributed by atoms with Crippen molar-refractivity contribution in [3.05, 3.63) is 157 Å². The van der Waals surface area contributed by atoms with E-state index in [-0.39, 0.29) is 0 Å². The van der Waals surface area contributed by atoms with E-state index in [0.29, 0.717) is 11.4 Å². The molecule has 0 aliphatic rings. The molecule has 0 amide bonds. The van der Waals surface area contributed by atoms with Crippen molar-refractivity contribution < 1.29 is 0 Å². The molecule has 6 aromatic carbocycles. The van der Waals surface area contributed by atoms with Crippen molar-refractivity contribution in [2.75, 3.05) is 0 Å². The monoisotopic (exact) mass is 535 g/mol. The highest BCUT2D eigenvalue weighted by Crippen LogP contribution is 2.36. The van der Waals surface area contributed by atoms with Crippen LogP contribution >= 0.6 is 0 Å². The fourth-order valence-electron chi connectivity index (χ4n) is 5.38. The van der Waals surface area contributed by atoms with Gasteiger partial charge >= 0.3 is 0 Å². The van der Waals surface area contributed by atoms with Gasteiger partial charge in [0.1, 0.15) is 0 Å². The van der Waals surface area contributed by atoms with E-state index in [1.54, 1.807) is 0 Å². The lowest BCUT2D eigenvalue weighted by Crippen LogP contribution is -1.97. The summed E-state index contributed by atoms with van der Waals surface area (Å²) < 4.78 is 0. The van der Waals surface area contributed by atoms with Gasteiger partial charge in [-0.3, -0.25) is 0 Å². The summed E-state index contributed by atoms with van der Waals surface area (Å²) >= 11 is 0. The Hall–Kier alpha value is -5.85. The summed E-state index contributed by atoms with van der Waals surface area (Å²) in [5.41, 5.74) is 9.66. The lowest BCUT2D eigenvalue weighted by Gasteiger charge is -2.14. The molecule has 1 aromatic heterocycles. The molecule has 0 fully saturated rings. The van der Waals surface area contributed by atoms with Gasteiger partial charge in [0.15, 0.2) is 5.82 Å². The average molecular weight is 536 g/mol. The summed E-state index contributed by atoms with van der Waals surface area (Å²) in [5.74, 6) is 0.648. The number of aromatic nitrogens is 2. The van der Waals surface area contributed by atoms with Crippen LogP contribution in [0.15, 0.2) is 152 Å². The van der Waals surface area contributed by atoms with Gasteiger partial charge in [-0.2, -0.15) is 5.26 Å². The van der Waals surface area contributed by atoms with Gasteiger partial charge in [-0.25, -0.2) is 9.97 Å². The Morgan fingerprint density at radius 1 is 0.429 bits per heavy atom. The fourth-order valence-corrected chi connectivity index (χ4v) is 5.38. The fraction of sp³-hybridized carbons (Fsp3) is 0. The first-order chi connectivity index (χ1) is 20.7. The highest BCUT2D eigenvalue weighted by Gasteiger charge is 2.14. The van der Waals surface area contributed by atoms with Crippen molar-refractivity contribution in [3.63, 3.8) is 0 Å². The normalized spacial score (nSPS) is 10.8. The van der Waals surface area contributed by atoms with Crippen LogP contribution < -0.4 is 0 Å². The Morgan fingerprint density at radius 3 is 1.71 bits per heavy atom. The third-order valence-electron chi connectivity index (χ3n) is 7.50. The Balaban J connectivity index is 1.47. The predicted octanol–water partition coefficient (Wildman–Crippen LogP) is 9.84. The van der Waals surface area contributed by atoms with E-state index in [4.69, 9.17) is 9.97 Å². The summed E-state index contributed by atoms with van der Waals surface area (Å²) in [6.45, 7) is 0. The second kappa shape index (κ2) is 11.0. The summed E-state index contributed by atoms with van der Waals surface area (Å²) in [6.07, 6.45) is 0. The summed E-state index contributed by atoms with van der Waals surface area (Å²) in [6, 6.07) is 53.9. The van der Waals surface area contributed by atoms with E-state index >= 15 is 0 Å². The quantitative estimate of drug-likeness (QED) is 0.220. The zero-order valence-corrected chi connectivity index (χ0v) is 22.8. The maximum atomic E-state index is 9.31. The number of rotatable bonds is 5. The van der Waals surface area contributed by atoms with Crippen LogP contribution in [0.3, 0.4) is 0 Å². The molecule has 0 unspecified atom stereocenters. The van der Waals surface area contributed by atoms with Crippen molar-refractivity contribution in [1.82, 2.24) is 9.97 Å². The Labute approximate surface area is 245 Å². The zero-order valence-electron chi connectivity index (χ0n) is 22.8. The first-order valence-electron chi connectivity index (χ1n) is 13.9. The topological polar surface area (TPSA) is 49.6 Å². The van der Waals surface area contributed by atoms with Gasteiger partial charge in [0.2, 0.25) is 0 Å². The molecule has 3 nitrogen and oxygen atoms in total. The van der Waals surface area contributed by atoms with Gasteiger partial charge in [0, 0.05) is 16.7 Å². The Kier molecular flexibility index (Phi) is 6.56. The lowest BCUT2D eigenvalue weighted by atomic mass is 9.93. The van der Waals surface area contributed by atoms with E-state index in [0.717, 1.165) is 44.8 Å². The molecule has 0 radical (unpaired) electrons. The Bertz CT molecular complexity index is 2070. The van der Waals surface area contributed by atoms with Crippen LogP contribution in [0.4, 0.5) is 0 Å². The predicted molar refractivity (Wildman–Crippen MR) is 171 cm³/mol. The van der Waals surface area contributed by atoms with Crippen molar-refractivity contribution in [2.24, 2.45) is 0 Å². The average Bonchev–Trinajstić information content (AvgIpc) is 3.08. The number of hydrogen-bond donors (Lipinski definition) is 0. The van der Waals surface area contributed by atoms with Crippen molar-refractivity contribution in [1.29, 1.82) is 5.26 Å². The molecule has 0 atom stereocenters. The van der Waals surface area contributed by atoms with Crippen molar-refractivity contribution in [2.45, 2.75) is 0 Å². The van der Waals surface area contributed by atoms with E-state index in [2.05, 4.69) is 103 Å². The number of fused-ring (bicyclic) bond motifs is 1. The van der Waals surface area contributed by atoms with Crippen molar-refractivity contribution >= 4 is 10.8 Å². The lowest BCUT2D eigenvalue weighted by molar-refractivity contribution is 1.18. The van der Waals surface area contributed by atoms with Crippen molar-refractivity contribution in [3.8, 4) is 62.2 Å². The van der Waals surface area contributed by atoms with E-state index < -0.39 is 0 Å². The third-order valence-corrected chi connectivity index (χ3v) is 7.50. The summed E-state index contributed by atoms with van der Waals surface area (Å²) in [7, 11) is 0. The number of benzene rings is 6. The SMILES string of the molecule is N#Cc1ccc(-c2cc(-c3ccccc3)nc(-c3cc(-c4ccccc4)cc(-c4cccc5ccccc45)c3)n2)cc1. The van der Waals surface area contributed by atoms with E-state index in [1.165, 1.54) is 16.3 Å². The molecule has 0 aliphatic heterocycles. The van der Waals surface area contributed by atoms with E-state index in [9.17, 15) is 5.26 Å². The summed E-state index contributed by atoms with van der Waals surface area (Å²) in [4.78, 5) is 10.2. The second-order valence-corrected chi connectivity index (χ2v) is 10.2. The van der Waals surface area contributed by atoms with Crippen LogP contribution in [0.5, 0.6) is 0 Å². The summed E-state index contributed by atoms with van der Waals surface area (Å²) in [5, 5.41) is 11.7. The number of hydrogen-bond acceptors (Lipinski definition) is 3. The van der Waals surface area contributed by atoms with Crippen LogP contribution in [-0.4, -0.2) is 9.97 Å². The van der Waals surface area contributed by atoms with Crippen LogP contribution in [0.2, 0.25) is 0 Å². The smallest absolute Gasteiger partial charge is 0.160 e. The van der Waals surface area contributed by atoms with Crippen LogP contribution in [0.25, 0.3) is 66.9 Å². The first kappa shape index (κ1) is 25.1. The standard InChI is InChI=1S/C39H25N3/c40-26-27-18-20-31(21-19-27)38-25-37(30-13-5-2-6-14-30)41-39(42-38)34-23-32(28-10-3-1-4-11-28)22-33(24-34)36-17-9-15-29-12-7-8-16-35(29)36/h1-25H. The highest BCUT2D eigenvalue weighted by atomic mass is 14.9. The minimum absolute atomic E-state index is 0.617. The third kappa shape index (κ3) is 4.94. The minimum atomic E-state index is 0.617. The van der Waals surface area contributed by atoms with Gasteiger partial charge in [-0.15, -0.1) is 0 Å². The first-order valence-corrected chi connectivity index (χ1v) is 13.9. The largest absolute Gasteiger partial charge is 0.228 e. The minimum Gasteiger partial charge on any atom is -0.228 e. The van der Waals surface area contributed by atoms with Crippen LogP contribution in [0, 0.1) is 11.3 Å². The molecule has 0 N–H and O–H groups in total. The maximum Gasteiger partial charge on any atom is 0.160 e. The molecule has 1 heterocycles. The van der Waals surface area contributed by atoms with Crippen LogP contribution in [-0.2, 0) is 0 Å². The molecule has 7 aromatic rings. The van der Waals surface area contributed by atoms with E-state index in [1.807, 2.05) is 54.6 Å². The van der Waals surface area contributed by atoms with Crippen LogP contribution in [0.1, 0.15) is 5.56 Å². The molecule has 0 saturated heterocycles. The highest BCUT2D eigenvalue weighted by molar-refractivity contribution is 5.98.